The van der Waals surface area contributed by atoms with E-state index in [1.807, 2.05) is 0 Å². The Kier molecular flexibility index (Phi) is 4.28. The number of nitrogens with one attached hydrogen (secondary N) is 2. The number of benzene rings is 1. The molecule has 0 aromatic heterocycles. The largest absolute Gasteiger partial charge is 0.378 e. The van der Waals surface area contributed by atoms with Gasteiger partial charge in [0.2, 0.25) is 5.91 Å². The van der Waals surface area contributed by atoms with Gasteiger partial charge < -0.3 is 15.4 Å². The van der Waals surface area contributed by atoms with Gasteiger partial charge in [0, 0.05) is 13.1 Å². The predicted octanol–water partition coefficient (Wildman–Crippen LogP) is 0.739. The molecule has 1 saturated heterocycles. The van der Waals surface area contributed by atoms with E-state index in [9.17, 15) is 9.18 Å². The summed E-state index contributed by atoms with van der Waals surface area (Å²) < 4.78 is 18.3. The minimum atomic E-state index is -0.291. The lowest BCUT2D eigenvalue weighted by Gasteiger charge is -2.22. The number of hydrogen-bond acceptors (Lipinski definition) is 3. The number of halogens is 1. The van der Waals surface area contributed by atoms with Crippen molar-refractivity contribution in [3.63, 3.8) is 0 Å². The van der Waals surface area contributed by atoms with Crippen molar-refractivity contribution < 1.29 is 13.9 Å². The van der Waals surface area contributed by atoms with Crippen LogP contribution in [0.15, 0.2) is 18.2 Å². The molecule has 98 valence electrons. The zero-order valence-electron chi connectivity index (χ0n) is 10.3. The van der Waals surface area contributed by atoms with E-state index in [2.05, 4.69) is 10.6 Å². The topological polar surface area (TPSA) is 50.4 Å². The fraction of sp³-hybridized carbons (Fsp3) is 0.462. The third kappa shape index (κ3) is 3.27. The summed E-state index contributed by atoms with van der Waals surface area (Å²) in [6, 6.07) is 4.53. The second kappa shape index (κ2) is 5.93. The lowest BCUT2D eigenvalue weighted by Crippen LogP contribution is -2.51. The van der Waals surface area contributed by atoms with Crippen LogP contribution in [0.25, 0.3) is 0 Å². The fourth-order valence-electron chi connectivity index (χ4n) is 1.86. The van der Waals surface area contributed by atoms with Crippen LogP contribution in [0.1, 0.15) is 11.1 Å². The summed E-state index contributed by atoms with van der Waals surface area (Å²) in [4.78, 5) is 11.8. The van der Waals surface area contributed by atoms with E-state index in [1.54, 1.807) is 19.1 Å². The molecule has 0 spiro atoms. The van der Waals surface area contributed by atoms with Crippen LogP contribution in [0.4, 0.5) is 4.39 Å². The molecule has 18 heavy (non-hydrogen) atoms. The minimum Gasteiger partial charge on any atom is -0.378 e. The quantitative estimate of drug-likeness (QED) is 0.834. The van der Waals surface area contributed by atoms with Gasteiger partial charge >= 0.3 is 0 Å². The molecule has 1 unspecified atom stereocenters. The highest BCUT2D eigenvalue weighted by atomic mass is 19.1. The highest BCUT2D eigenvalue weighted by Crippen LogP contribution is 2.09. The number of carbonyl (C=O) groups is 1. The van der Waals surface area contributed by atoms with E-state index in [-0.39, 0.29) is 17.8 Å². The van der Waals surface area contributed by atoms with Crippen molar-refractivity contribution in [2.45, 2.75) is 19.5 Å². The first-order valence-corrected chi connectivity index (χ1v) is 6.00. The normalized spacial score (nSPS) is 19.6. The number of amides is 1. The summed E-state index contributed by atoms with van der Waals surface area (Å²) >= 11 is 0. The lowest BCUT2D eigenvalue weighted by atomic mass is 10.1. The lowest BCUT2D eigenvalue weighted by molar-refractivity contribution is -0.126. The highest BCUT2D eigenvalue weighted by molar-refractivity contribution is 5.81. The Hall–Kier alpha value is -1.46. The number of aryl methyl sites for hydroxylation is 1. The van der Waals surface area contributed by atoms with Crippen LogP contribution in [0, 0.1) is 12.7 Å². The van der Waals surface area contributed by atoms with Gasteiger partial charge in [-0.3, -0.25) is 4.79 Å². The molecule has 4 nitrogen and oxygen atoms in total. The maximum Gasteiger partial charge on any atom is 0.239 e. The van der Waals surface area contributed by atoms with Crippen LogP contribution in [0.3, 0.4) is 0 Å². The van der Waals surface area contributed by atoms with Crippen molar-refractivity contribution in [2.24, 2.45) is 0 Å². The van der Waals surface area contributed by atoms with Crippen LogP contribution in [-0.4, -0.2) is 31.7 Å². The summed E-state index contributed by atoms with van der Waals surface area (Å²) in [6.07, 6.45) is 0. The van der Waals surface area contributed by atoms with Crippen molar-refractivity contribution in [2.75, 3.05) is 19.8 Å². The molecule has 1 heterocycles. The Labute approximate surface area is 106 Å². The van der Waals surface area contributed by atoms with Crippen LogP contribution in [0.5, 0.6) is 0 Å². The summed E-state index contributed by atoms with van der Waals surface area (Å²) in [5, 5.41) is 5.89. The van der Waals surface area contributed by atoms with Crippen LogP contribution < -0.4 is 10.6 Å². The molecule has 0 radical (unpaired) electrons. The van der Waals surface area contributed by atoms with Gasteiger partial charge in [-0.05, 0) is 24.1 Å². The van der Waals surface area contributed by atoms with Crippen LogP contribution in [0.2, 0.25) is 0 Å². The zero-order valence-corrected chi connectivity index (χ0v) is 10.3. The first-order chi connectivity index (χ1) is 8.66. The van der Waals surface area contributed by atoms with Gasteiger partial charge in [0.05, 0.1) is 13.2 Å². The molecule has 1 fully saturated rings. The van der Waals surface area contributed by atoms with E-state index in [0.29, 0.717) is 31.9 Å². The van der Waals surface area contributed by atoms with Crippen LogP contribution >= 0.6 is 0 Å². The van der Waals surface area contributed by atoms with Crippen molar-refractivity contribution in [1.82, 2.24) is 10.6 Å². The molecule has 1 atom stereocenters. The van der Waals surface area contributed by atoms with Gasteiger partial charge in [-0.25, -0.2) is 4.39 Å². The van der Waals surface area contributed by atoms with Gasteiger partial charge in [-0.1, -0.05) is 12.1 Å². The molecule has 2 N–H and O–H groups in total. The van der Waals surface area contributed by atoms with Gasteiger partial charge in [-0.2, -0.15) is 0 Å². The average Bonchev–Trinajstić information content (AvgIpc) is 2.41. The predicted molar refractivity (Wildman–Crippen MR) is 65.6 cm³/mol. The smallest absolute Gasteiger partial charge is 0.239 e. The monoisotopic (exact) mass is 252 g/mol. The van der Waals surface area contributed by atoms with E-state index < -0.39 is 0 Å². The summed E-state index contributed by atoms with van der Waals surface area (Å²) in [5.41, 5.74) is 1.47. The Morgan fingerprint density at radius 3 is 3.11 bits per heavy atom. The van der Waals surface area contributed by atoms with E-state index in [4.69, 9.17) is 4.74 Å². The summed E-state index contributed by atoms with van der Waals surface area (Å²) in [7, 11) is 0. The Balaban J connectivity index is 1.86. The molecule has 5 heteroatoms. The standard InChI is InChI=1S/C13H17FN2O2/c1-9-6-10(2-3-11(9)14)7-16-13(17)12-8-18-5-4-15-12/h2-3,6,12,15H,4-5,7-8H2,1H3,(H,16,17). The van der Waals surface area contributed by atoms with Crippen molar-refractivity contribution in [3.05, 3.63) is 35.1 Å². The van der Waals surface area contributed by atoms with Crippen molar-refractivity contribution >= 4 is 5.91 Å². The molecule has 1 aliphatic rings. The Bertz CT molecular complexity index is 431. The van der Waals surface area contributed by atoms with E-state index >= 15 is 0 Å². The molecule has 2 rings (SSSR count). The van der Waals surface area contributed by atoms with Gasteiger partial charge in [0.25, 0.3) is 0 Å². The minimum absolute atomic E-state index is 0.0864. The SMILES string of the molecule is Cc1cc(CNC(=O)C2COCCN2)ccc1F. The molecule has 1 aromatic rings. The van der Waals surface area contributed by atoms with Crippen molar-refractivity contribution in [3.8, 4) is 0 Å². The Morgan fingerprint density at radius 2 is 2.44 bits per heavy atom. The maximum atomic E-state index is 13.1. The van der Waals surface area contributed by atoms with Crippen LogP contribution in [-0.2, 0) is 16.1 Å². The summed E-state index contributed by atoms with van der Waals surface area (Å²) in [6.45, 7) is 3.83. The second-order valence-electron chi connectivity index (χ2n) is 4.38. The summed E-state index contributed by atoms with van der Waals surface area (Å²) in [5.74, 6) is -0.316. The molecular weight excluding hydrogens is 235 g/mol. The molecule has 0 bridgehead atoms. The molecule has 1 aromatic carbocycles. The number of rotatable bonds is 3. The molecule has 1 aliphatic heterocycles. The van der Waals surface area contributed by atoms with Gasteiger partial charge in [0.1, 0.15) is 11.9 Å². The van der Waals surface area contributed by atoms with Crippen molar-refractivity contribution in [1.29, 1.82) is 0 Å². The fourth-order valence-corrected chi connectivity index (χ4v) is 1.86. The first-order valence-electron chi connectivity index (χ1n) is 6.00. The number of morpholine rings is 1. The molecule has 0 aliphatic carbocycles. The maximum absolute atomic E-state index is 13.1. The van der Waals surface area contributed by atoms with Gasteiger partial charge in [0.15, 0.2) is 0 Å². The molecule has 1 amide bonds. The number of ether oxygens (including phenoxy) is 1. The number of hydrogen-bond donors (Lipinski definition) is 2. The zero-order chi connectivity index (χ0) is 13.0. The molecule has 0 saturated carbocycles. The third-order valence-electron chi connectivity index (χ3n) is 2.93. The average molecular weight is 252 g/mol. The van der Waals surface area contributed by atoms with Gasteiger partial charge in [-0.15, -0.1) is 0 Å². The third-order valence-corrected chi connectivity index (χ3v) is 2.93. The van der Waals surface area contributed by atoms with E-state index in [0.717, 1.165) is 5.56 Å². The number of carbonyl (C=O) groups excluding carboxylic acids is 1. The second-order valence-corrected chi connectivity index (χ2v) is 4.38. The first kappa shape index (κ1) is 13.0. The highest BCUT2D eigenvalue weighted by Gasteiger charge is 2.20. The molecular formula is C13H17FN2O2. The van der Waals surface area contributed by atoms with E-state index in [1.165, 1.54) is 6.07 Å². The Morgan fingerprint density at radius 1 is 1.61 bits per heavy atom.